The lowest BCUT2D eigenvalue weighted by Gasteiger charge is -2.26. The third-order valence-electron chi connectivity index (χ3n) is 3.64. The summed E-state index contributed by atoms with van der Waals surface area (Å²) in [6, 6.07) is 0. The van der Waals surface area contributed by atoms with Crippen molar-refractivity contribution in [1.82, 2.24) is 15.0 Å². The van der Waals surface area contributed by atoms with Gasteiger partial charge in [-0.1, -0.05) is 25.5 Å². The lowest BCUT2D eigenvalue weighted by Crippen LogP contribution is -2.18. The fourth-order valence-corrected chi connectivity index (χ4v) is 2.34. The Bertz CT molecular complexity index is 352. The normalized spacial score (nSPS) is 16.5. The average Bonchev–Trinajstić information content (AvgIpc) is 2.58. The van der Waals surface area contributed by atoms with E-state index in [0.717, 1.165) is 18.7 Å². The molecule has 2 rings (SSSR count). The number of hydrogen-bond acceptors (Lipinski definition) is 3. The first-order valence-electron chi connectivity index (χ1n) is 6.84. The van der Waals surface area contributed by atoms with Crippen molar-refractivity contribution in [2.45, 2.75) is 58.4 Å². The molecule has 0 aromatic carbocycles. The van der Waals surface area contributed by atoms with Crippen molar-refractivity contribution in [1.29, 1.82) is 0 Å². The van der Waals surface area contributed by atoms with Crippen LogP contribution in [-0.2, 0) is 13.0 Å². The summed E-state index contributed by atoms with van der Waals surface area (Å²) >= 11 is 0. The van der Waals surface area contributed by atoms with Crippen LogP contribution in [0.3, 0.4) is 0 Å². The van der Waals surface area contributed by atoms with Gasteiger partial charge in [-0.15, -0.1) is 5.10 Å². The number of aromatic nitrogens is 3. The van der Waals surface area contributed by atoms with Crippen molar-refractivity contribution in [2.75, 3.05) is 6.54 Å². The maximum atomic E-state index is 5.64. The lowest BCUT2D eigenvalue weighted by molar-refractivity contribution is 0.374. The van der Waals surface area contributed by atoms with Gasteiger partial charge in [-0.2, -0.15) is 0 Å². The molecule has 17 heavy (non-hydrogen) atoms. The Morgan fingerprint density at radius 1 is 1.41 bits per heavy atom. The SMILES string of the molecule is CC(C)CCn1nnc(CCN)c1C1CCC1. The van der Waals surface area contributed by atoms with Gasteiger partial charge >= 0.3 is 0 Å². The molecule has 0 aliphatic heterocycles. The van der Waals surface area contributed by atoms with E-state index in [-0.39, 0.29) is 0 Å². The Morgan fingerprint density at radius 3 is 2.71 bits per heavy atom. The first kappa shape index (κ1) is 12.6. The summed E-state index contributed by atoms with van der Waals surface area (Å²) in [6.45, 7) is 6.17. The van der Waals surface area contributed by atoms with Crippen LogP contribution in [0.25, 0.3) is 0 Å². The van der Waals surface area contributed by atoms with Gasteiger partial charge in [0.25, 0.3) is 0 Å². The van der Waals surface area contributed by atoms with Gasteiger partial charge in [0.1, 0.15) is 0 Å². The number of aryl methyl sites for hydroxylation is 1. The predicted molar refractivity (Wildman–Crippen MR) is 68.8 cm³/mol. The second-order valence-electron chi connectivity index (χ2n) is 5.49. The summed E-state index contributed by atoms with van der Waals surface area (Å²) < 4.78 is 2.13. The van der Waals surface area contributed by atoms with E-state index in [9.17, 15) is 0 Å². The Labute approximate surface area is 104 Å². The summed E-state index contributed by atoms with van der Waals surface area (Å²) in [5, 5.41) is 8.64. The molecule has 0 bridgehead atoms. The van der Waals surface area contributed by atoms with Gasteiger partial charge in [-0.3, -0.25) is 0 Å². The Balaban J connectivity index is 2.12. The number of nitrogens with zero attached hydrogens (tertiary/aromatic N) is 3. The van der Waals surface area contributed by atoms with Crippen LogP contribution in [0.5, 0.6) is 0 Å². The molecule has 1 aliphatic rings. The van der Waals surface area contributed by atoms with Crippen molar-refractivity contribution in [3.8, 4) is 0 Å². The minimum atomic E-state index is 0.669. The molecule has 96 valence electrons. The van der Waals surface area contributed by atoms with Crippen molar-refractivity contribution in [3.05, 3.63) is 11.4 Å². The Hall–Kier alpha value is -0.900. The first-order valence-corrected chi connectivity index (χ1v) is 6.84. The minimum absolute atomic E-state index is 0.669. The van der Waals surface area contributed by atoms with Crippen molar-refractivity contribution < 1.29 is 0 Å². The van der Waals surface area contributed by atoms with Gasteiger partial charge in [-0.25, -0.2) is 4.68 Å². The van der Waals surface area contributed by atoms with Crippen LogP contribution in [0.4, 0.5) is 0 Å². The summed E-state index contributed by atoms with van der Waals surface area (Å²) in [6.07, 6.45) is 5.99. The molecule has 0 spiro atoms. The zero-order valence-electron chi connectivity index (χ0n) is 11.0. The molecule has 4 nitrogen and oxygen atoms in total. The van der Waals surface area contributed by atoms with Gasteiger partial charge in [-0.05, 0) is 31.7 Å². The average molecular weight is 236 g/mol. The molecule has 0 amide bonds. The molecule has 0 radical (unpaired) electrons. The quantitative estimate of drug-likeness (QED) is 0.823. The van der Waals surface area contributed by atoms with Crippen molar-refractivity contribution in [3.63, 3.8) is 0 Å². The highest BCUT2D eigenvalue weighted by molar-refractivity contribution is 5.18. The molecular weight excluding hydrogens is 212 g/mol. The third-order valence-corrected chi connectivity index (χ3v) is 3.64. The number of hydrogen-bond donors (Lipinski definition) is 1. The highest BCUT2D eigenvalue weighted by atomic mass is 15.4. The maximum Gasteiger partial charge on any atom is 0.0874 e. The maximum absolute atomic E-state index is 5.64. The second-order valence-corrected chi connectivity index (χ2v) is 5.49. The number of nitrogens with two attached hydrogens (primary N) is 1. The largest absolute Gasteiger partial charge is 0.330 e. The van der Waals surface area contributed by atoms with Crippen LogP contribution < -0.4 is 5.73 Å². The summed E-state index contributed by atoms with van der Waals surface area (Å²) in [4.78, 5) is 0. The van der Waals surface area contributed by atoms with Gasteiger partial charge < -0.3 is 5.73 Å². The number of rotatable bonds is 6. The molecule has 1 aliphatic carbocycles. The molecule has 1 heterocycles. The minimum Gasteiger partial charge on any atom is -0.330 e. The van der Waals surface area contributed by atoms with Gasteiger partial charge in [0.2, 0.25) is 0 Å². The standard InChI is InChI=1S/C13H24N4/c1-10(2)7-9-17-13(11-4-3-5-11)12(6-8-14)15-16-17/h10-11H,3-9,14H2,1-2H3. The molecule has 0 saturated heterocycles. The molecule has 2 N–H and O–H groups in total. The van der Waals surface area contributed by atoms with Gasteiger partial charge in [0, 0.05) is 18.9 Å². The van der Waals surface area contributed by atoms with Crippen LogP contribution in [-0.4, -0.2) is 21.5 Å². The lowest BCUT2D eigenvalue weighted by atomic mass is 9.81. The summed E-state index contributed by atoms with van der Waals surface area (Å²) in [5.41, 5.74) is 8.16. The van der Waals surface area contributed by atoms with Gasteiger partial charge in [0.05, 0.1) is 11.4 Å². The van der Waals surface area contributed by atoms with Crippen LogP contribution in [0.1, 0.15) is 56.8 Å². The molecule has 1 saturated carbocycles. The topological polar surface area (TPSA) is 56.7 Å². The highest BCUT2D eigenvalue weighted by Gasteiger charge is 2.27. The smallest absolute Gasteiger partial charge is 0.0874 e. The van der Waals surface area contributed by atoms with E-state index in [4.69, 9.17) is 5.73 Å². The third kappa shape index (κ3) is 2.86. The van der Waals surface area contributed by atoms with E-state index in [1.54, 1.807) is 0 Å². The highest BCUT2D eigenvalue weighted by Crippen LogP contribution is 2.37. The molecule has 0 atom stereocenters. The van der Waals surface area contributed by atoms with Crippen molar-refractivity contribution >= 4 is 0 Å². The summed E-state index contributed by atoms with van der Waals surface area (Å²) in [5.74, 6) is 1.41. The van der Waals surface area contributed by atoms with Crippen molar-refractivity contribution in [2.24, 2.45) is 11.7 Å². The fraction of sp³-hybridized carbons (Fsp3) is 0.846. The zero-order valence-corrected chi connectivity index (χ0v) is 11.0. The van der Waals surface area contributed by atoms with E-state index >= 15 is 0 Å². The zero-order chi connectivity index (χ0) is 12.3. The van der Waals surface area contributed by atoms with Gasteiger partial charge in [0.15, 0.2) is 0 Å². The molecule has 0 unspecified atom stereocenters. The van der Waals surface area contributed by atoms with E-state index < -0.39 is 0 Å². The Morgan fingerprint density at radius 2 is 2.18 bits per heavy atom. The van der Waals surface area contributed by atoms with E-state index in [2.05, 4.69) is 28.8 Å². The van der Waals surface area contributed by atoms with Crippen LogP contribution >= 0.6 is 0 Å². The Kier molecular flexibility index (Phi) is 4.15. The molecule has 1 aromatic heterocycles. The molecular formula is C13H24N4. The van der Waals surface area contributed by atoms with Crippen LogP contribution in [0.15, 0.2) is 0 Å². The van der Waals surface area contributed by atoms with Crippen LogP contribution in [0, 0.1) is 5.92 Å². The monoisotopic (exact) mass is 236 g/mol. The first-order chi connectivity index (χ1) is 8.22. The predicted octanol–water partition coefficient (Wildman–Crippen LogP) is 2.09. The van der Waals surface area contributed by atoms with E-state index in [0.29, 0.717) is 18.4 Å². The van der Waals surface area contributed by atoms with E-state index in [1.165, 1.54) is 31.4 Å². The molecule has 1 fully saturated rings. The van der Waals surface area contributed by atoms with Crippen LogP contribution in [0.2, 0.25) is 0 Å². The second kappa shape index (κ2) is 5.63. The summed E-state index contributed by atoms with van der Waals surface area (Å²) in [7, 11) is 0. The molecule has 1 aromatic rings. The fourth-order valence-electron chi connectivity index (χ4n) is 2.34. The van der Waals surface area contributed by atoms with E-state index in [1.807, 2.05) is 0 Å². The molecule has 4 heteroatoms.